The molecular formula is C17H25ClIN5O2. The lowest BCUT2D eigenvalue weighted by Crippen LogP contribution is -2.39. The number of nitrogens with zero attached hydrogens (tertiary/aromatic N) is 3. The molecule has 0 amide bonds. The van der Waals surface area contributed by atoms with E-state index in [4.69, 9.17) is 20.9 Å². The molecule has 0 unspecified atom stereocenters. The van der Waals surface area contributed by atoms with Crippen LogP contribution in [0.4, 0.5) is 0 Å². The summed E-state index contributed by atoms with van der Waals surface area (Å²) in [5.74, 6) is 2.02. The lowest BCUT2D eigenvalue weighted by molar-refractivity contribution is 0.310. The highest BCUT2D eigenvalue weighted by atomic mass is 127. The van der Waals surface area contributed by atoms with Crippen LogP contribution < -0.4 is 15.4 Å². The van der Waals surface area contributed by atoms with Crippen LogP contribution in [0.5, 0.6) is 5.88 Å². The van der Waals surface area contributed by atoms with Crippen molar-refractivity contribution in [3.63, 3.8) is 0 Å². The number of halogens is 2. The summed E-state index contributed by atoms with van der Waals surface area (Å²) < 4.78 is 10.9. The molecule has 2 rings (SSSR count). The van der Waals surface area contributed by atoms with E-state index in [9.17, 15) is 0 Å². The minimum atomic E-state index is 0. The fourth-order valence-electron chi connectivity index (χ4n) is 2.33. The smallest absolute Gasteiger partial charge is 0.232 e. The van der Waals surface area contributed by atoms with Crippen LogP contribution in [0.25, 0.3) is 0 Å². The van der Waals surface area contributed by atoms with Gasteiger partial charge in [0.25, 0.3) is 0 Å². The van der Waals surface area contributed by atoms with Crippen LogP contribution in [0.15, 0.2) is 27.8 Å². The lowest BCUT2D eigenvalue weighted by Gasteiger charge is -2.12. The Kier molecular flexibility index (Phi) is 10.3. The zero-order valence-corrected chi connectivity index (χ0v) is 18.3. The number of rotatable bonds is 8. The van der Waals surface area contributed by atoms with Crippen LogP contribution >= 0.6 is 35.6 Å². The average Bonchev–Trinajstić information content (AvgIpc) is 3.04. The molecule has 0 saturated carbocycles. The van der Waals surface area contributed by atoms with E-state index in [2.05, 4.69) is 39.6 Å². The summed E-state index contributed by atoms with van der Waals surface area (Å²) in [5, 5.41) is 11.1. The van der Waals surface area contributed by atoms with Gasteiger partial charge in [-0.1, -0.05) is 30.6 Å². The first-order valence-corrected chi connectivity index (χ1v) is 8.71. The zero-order valence-electron chi connectivity index (χ0n) is 15.2. The first-order valence-electron chi connectivity index (χ1n) is 8.33. The van der Waals surface area contributed by atoms with E-state index in [1.54, 1.807) is 25.4 Å². The number of pyridine rings is 1. The van der Waals surface area contributed by atoms with Crippen LogP contribution in [-0.4, -0.2) is 36.3 Å². The second kappa shape index (κ2) is 11.9. The van der Waals surface area contributed by atoms with Gasteiger partial charge in [0, 0.05) is 31.8 Å². The lowest BCUT2D eigenvalue weighted by atomic mass is 10.1. The van der Waals surface area contributed by atoms with Gasteiger partial charge in [-0.2, -0.15) is 0 Å². The summed E-state index contributed by atoms with van der Waals surface area (Å²) >= 11 is 6.00. The summed E-state index contributed by atoms with van der Waals surface area (Å²) in [6.07, 6.45) is 3.30. The Hall–Kier alpha value is -1.55. The number of guanidine groups is 1. The summed E-state index contributed by atoms with van der Waals surface area (Å²) in [7, 11) is 1.72. The number of hydrogen-bond donors (Lipinski definition) is 2. The van der Waals surface area contributed by atoms with Crippen LogP contribution in [0.2, 0.25) is 5.02 Å². The van der Waals surface area contributed by atoms with Crippen molar-refractivity contribution < 1.29 is 9.26 Å². The molecule has 0 bridgehead atoms. The Morgan fingerprint density at radius 2 is 2.12 bits per heavy atom. The Balaban J connectivity index is 0.00000338. The number of aromatic nitrogens is 2. The first-order chi connectivity index (χ1) is 12.2. The fourth-order valence-corrected chi connectivity index (χ4v) is 2.50. The Morgan fingerprint density at radius 3 is 2.77 bits per heavy atom. The van der Waals surface area contributed by atoms with E-state index >= 15 is 0 Å². The van der Waals surface area contributed by atoms with E-state index in [1.807, 2.05) is 0 Å². The zero-order chi connectivity index (χ0) is 18.1. The molecule has 0 atom stereocenters. The molecule has 2 heterocycles. The Bertz CT molecular complexity index is 687. The van der Waals surface area contributed by atoms with Gasteiger partial charge >= 0.3 is 0 Å². The highest BCUT2D eigenvalue weighted by Crippen LogP contribution is 2.19. The molecule has 0 aliphatic carbocycles. The SMILES string of the molecule is CCc1noc(CC)c1CNC(=NC)NCCOc1ncccc1Cl.I. The highest BCUT2D eigenvalue weighted by Gasteiger charge is 2.13. The molecule has 9 heteroatoms. The van der Waals surface area contributed by atoms with Crippen molar-refractivity contribution in [1.82, 2.24) is 20.8 Å². The molecule has 0 aliphatic rings. The molecule has 0 radical (unpaired) electrons. The van der Waals surface area contributed by atoms with Gasteiger partial charge in [-0.25, -0.2) is 4.98 Å². The molecule has 0 aliphatic heterocycles. The summed E-state index contributed by atoms with van der Waals surface area (Å²) in [4.78, 5) is 8.28. The number of ether oxygens (including phenoxy) is 1. The van der Waals surface area contributed by atoms with Crippen molar-refractivity contribution in [1.29, 1.82) is 0 Å². The van der Waals surface area contributed by atoms with Crippen molar-refractivity contribution in [2.45, 2.75) is 33.2 Å². The van der Waals surface area contributed by atoms with E-state index < -0.39 is 0 Å². The number of aliphatic imine (C=N–C) groups is 1. The molecule has 0 aromatic carbocycles. The van der Waals surface area contributed by atoms with Gasteiger partial charge in [-0.05, 0) is 18.6 Å². The second-order valence-corrected chi connectivity index (χ2v) is 5.64. The summed E-state index contributed by atoms with van der Waals surface area (Å²) in [5.41, 5.74) is 2.08. The molecule has 0 saturated heterocycles. The van der Waals surface area contributed by atoms with Gasteiger partial charge in [0.05, 0.1) is 12.2 Å². The molecule has 26 heavy (non-hydrogen) atoms. The van der Waals surface area contributed by atoms with E-state index in [-0.39, 0.29) is 24.0 Å². The number of hydrogen-bond acceptors (Lipinski definition) is 5. The van der Waals surface area contributed by atoms with Gasteiger partial charge in [-0.3, -0.25) is 4.99 Å². The molecule has 0 fully saturated rings. The van der Waals surface area contributed by atoms with E-state index in [0.29, 0.717) is 36.6 Å². The van der Waals surface area contributed by atoms with Gasteiger partial charge in [-0.15, -0.1) is 24.0 Å². The Morgan fingerprint density at radius 1 is 1.31 bits per heavy atom. The normalized spacial score (nSPS) is 11.0. The predicted octanol–water partition coefficient (Wildman–Crippen LogP) is 3.21. The highest BCUT2D eigenvalue weighted by molar-refractivity contribution is 14.0. The maximum absolute atomic E-state index is 6.00. The minimum absolute atomic E-state index is 0. The summed E-state index contributed by atoms with van der Waals surface area (Å²) in [6, 6.07) is 3.51. The van der Waals surface area contributed by atoms with Crippen molar-refractivity contribution in [3.05, 3.63) is 40.4 Å². The quantitative estimate of drug-likeness (QED) is 0.254. The first kappa shape index (κ1) is 22.5. The average molecular weight is 494 g/mol. The van der Waals surface area contributed by atoms with Crippen molar-refractivity contribution >= 4 is 41.5 Å². The number of aryl methyl sites for hydroxylation is 2. The van der Waals surface area contributed by atoms with Crippen molar-refractivity contribution in [2.24, 2.45) is 4.99 Å². The van der Waals surface area contributed by atoms with Crippen LogP contribution in [0.1, 0.15) is 30.9 Å². The fraction of sp³-hybridized carbons (Fsp3) is 0.471. The third-order valence-corrected chi connectivity index (χ3v) is 3.91. The maximum atomic E-state index is 6.00. The predicted molar refractivity (Wildman–Crippen MR) is 114 cm³/mol. The minimum Gasteiger partial charge on any atom is -0.475 e. The van der Waals surface area contributed by atoms with Crippen LogP contribution in [0.3, 0.4) is 0 Å². The van der Waals surface area contributed by atoms with Crippen molar-refractivity contribution in [2.75, 3.05) is 20.2 Å². The second-order valence-electron chi connectivity index (χ2n) is 5.23. The van der Waals surface area contributed by atoms with E-state index in [0.717, 1.165) is 29.9 Å². The largest absolute Gasteiger partial charge is 0.475 e. The topological polar surface area (TPSA) is 84.6 Å². The summed E-state index contributed by atoms with van der Waals surface area (Å²) in [6.45, 7) is 5.72. The molecule has 2 aromatic heterocycles. The molecular weight excluding hydrogens is 469 g/mol. The third kappa shape index (κ3) is 6.31. The van der Waals surface area contributed by atoms with Crippen molar-refractivity contribution in [3.8, 4) is 5.88 Å². The van der Waals surface area contributed by atoms with E-state index in [1.165, 1.54) is 0 Å². The third-order valence-electron chi connectivity index (χ3n) is 3.62. The molecule has 7 nitrogen and oxygen atoms in total. The molecule has 144 valence electrons. The van der Waals surface area contributed by atoms with Gasteiger partial charge in [0.15, 0.2) is 5.96 Å². The molecule has 2 N–H and O–H groups in total. The van der Waals surface area contributed by atoms with Gasteiger partial charge < -0.3 is 19.9 Å². The van der Waals surface area contributed by atoms with Gasteiger partial charge in [0.2, 0.25) is 5.88 Å². The number of nitrogens with one attached hydrogen (secondary N) is 2. The monoisotopic (exact) mass is 493 g/mol. The Labute approximate surface area is 176 Å². The maximum Gasteiger partial charge on any atom is 0.232 e. The van der Waals surface area contributed by atoms with Crippen LogP contribution in [0, 0.1) is 0 Å². The van der Waals surface area contributed by atoms with Crippen LogP contribution in [-0.2, 0) is 19.4 Å². The standard InChI is InChI=1S/C17H24ClN5O2.HI/c1-4-14-12(15(5-2)25-23-14)11-22-17(19-3)21-9-10-24-16-13(18)7-6-8-20-16;/h6-8H,4-5,9-11H2,1-3H3,(H2,19,21,22);1H. The van der Waals surface area contributed by atoms with Gasteiger partial charge in [0.1, 0.15) is 17.4 Å². The molecule has 0 spiro atoms. The molecule has 2 aromatic rings.